The molecule has 0 saturated carbocycles. The van der Waals surface area contributed by atoms with Crippen LogP contribution in [0.15, 0.2) is 76.5 Å². The summed E-state index contributed by atoms with van der Waals surface area (Å²) in [5, 5.41) is 9.58. The molecule has 0 radical (unpaired) electrons. The van der Waals surface area contributed by atoms with Crippen LogP contribution in [0.1, 0.15) is 16.7 Å². The minimum atomic E-state index is 0.0568. The zero-order valence-electron chi connectivity index (χ0n) is 14.7. The van der Waals surface area contributed by atoms with Crippen molar-refractivity contribution in [2.75, 3.05) is 12.0 Å². The molecule has 1 N–H and O–H groups in total. The average molecular weight is 363 g/mol. The molecule has 1 aliphatic rings. The largest absolute Gasteiger partial charge is 0.497 e. The van der Waals surface area contributed by atoms with Crippen LogP contribution < -0.4 is 9.64 Å². The van der Waals surface area contributed by atoms with Gasteiger partial charge in [0.05, 0.1) is 19.4 Å². The van der Waals surface area contributed by atoms with Gasteiger partial charge in [-0.25, -0.2) is 0 Å². The predicted molar refractivity (Wildman–Crippen MR) is 106 cm³/mol. The highest BCUT2D eigenvalue weighted by Crippen LogP contribution is 2.42. The first-order valence-corrected chi connectivity index (χ1v) is 9.46. The molecule has 1 heterocycles. The van der Waals surface area contributed by atoms with E-state index in [4.69, 9.17) is 4.74 Å². The number of methoxy groups -OCH3 is 1. The molecule has 0 atom stereocenters. The normalized spacial score (nSPS) is 12.9. The van der Waals surface area contributed by atoms with Crippen LogP contribution in [-0.2, 0) is 19.7 Å². The van der Waals surface area contributed by atoms with Gasteiger partial charge in [-0.2, -0.15) is 0 Å². The summed E-state index contributed by atoms with van der Waals surface area (Å²) in [7, 11) is 1.69. The number of fused-ring (bicyclic) bond motifs is 2. The van der Waals surface area contributed by atoms with Crippen molar-refractivity contribution in [1.29, 1.82) is 0 Å². The van der Waals surface area contributed by atoms with Crippen LogP contribution >= 0.6 is 11.8 Å². The van der Waals surface area contributed by atoms with Crippen LogP contribution in [0.4, 0.5) is 5.69 Å². The van der Waals surface area contributed by atoms with Gasteiger partial charge in [0.1, 0.15) is 5.75 Å². The quantitative estimate of drug-likeness (QED) is 0.718. The molecular weight excluding hydrogens is 342 g/mol. The number of anilines is 1. The van der Waals surface area contributed by atoms with Gasteiger partial charge in [0.2, 0.25) is 0 Å². The highest BCUT2D eigenvalue weighted by atomic mass is 32.2. The molecule has 132 valence electrons. The Morgan fingerprint density at radius 1 is 0.962 bits per heavy atom. The van der Waals surface area contributed by atoms with Crippen LogP contribution in [0.25, 0.3) is 0 Å². The molecule has 4 rings (SSSR count). The highest BCUT2D eigenvalue weighted by molar-refractivity contribution is 7.99. The molecule has 0 bridgehead atoms. The standard InChI is InChI=1S/C22H21NO2S/c1-25-19-9-6-16(7-10-19)13-23-14-18-4-2-3-5-21(18)26-22-11-8-17(15-24)12-20(22)23/h2-12,24H,13-15H2,1H3. The molecule has 0 fully saturated rings. The van der Waals surface area contributed by atoms with E-state index in [-0.39, 0.29) is 6.61 Å². The van der Waals surface area contributed by atoms with E-state index in [1.54, 1.807) is 18.9 Å². The lowest BCUT2D eigenvalue weighted by molar-refractivity contribution is 0.282. The van der Waals surface area contributed by atoms with Gasteiger partial charge in [0, 0.05) is 22.9 Å². The molecule has 3 aromatic rings. The maximum atomic E-state index is 9.58. The van der Waals surface area contributed by atoms with E-state index in [1.165, 1.54) is 26.6 Å². The Hall–Kier alpha value is -2.43. The van der Waals surface area contributed by atoms with E-state index in [0.717, 1.165) is 24.4 Å². The Morgan fingerprint density at radius 3 is 2.50 bits per heavy atom. The van der Waals surface area contributed by atoms with Crippen molar-refractivity contribution in [2.45, 2.75) is 29.5 Å². The van der Waals surface area contributed by atoms with E-state index in [9.17, 15) is 5.11 Å². The van der Waals surface area contributed by atoms with Crippen molar-refractivity contribution in [2.24, 2.45) is 0 Å². The van der Waals surface area contributed by atoms with Gasteiger partial charge in [-0.15, -0.1) is 0 Å². The van der Waals surface area contributed by atoms with Crippen molar-refractivity contribution in [3.63, 3.8) is 0 Å². The fourth-order valence-electron chi connectivity index (χ4n) is 3.23. The summed E-state index contributed by atoms with van der Waals surface area (Å²) in [4.78, 5) is 4.90. The number of ether oxygens (including phenoxy) is 1. The van der Waals surface area contributed by atoms with Crippen LogP contribution in [0, 0.1) is 0 Å². The lowest BCUT2D eigenvalue weighted by atomic mass is 10.1. The van der Waals surface area contributed by atoms with Gasteiger partial charge < -0.3 is 14.7 Å². The number of hydrogen-bond donors (Lipinski definition) is 1. The molecule has 0 aliphatic carbocycles. The summed E-state index contributed by atoms with van der Waals surface area (Å²) in [6, 6.07) is 23.0. The number of aliphatic hydroxyl groups excluding tert-OH is 1. The van der Waals surface area contributed by atoms with E-state index in [1.807, 2.05) is 18.2 Å². The summed E-state index contributed by atoms with van der Waals surface area (Å²) in [6.07, 6.45) is 0. The smallest absolute Gasteiger partial charge is 0.118 e. The van der Waals surface area contributed by atoms with Gasteiger partial charge in [0.25, 0.3) is 0 Å². The Labute approximate surface area is 158 Å². The van der Waals surface area contributed by atoms with E-state index >= 15 is 0 Å². The highest BCUT2D eigenvalue weighted by Gasteiger charge is 2.20. The van der Waals surface area contributed by atoms with Crippen molar-refractivity contribution < 1.29 is 9.84 Å². The molecule has 0 aromatic heterocycles. The molecule has 26 heavy (non-hydrogen) atoms. The summed E-state index contributed by atoms with van der Waals surface area (Å²) in [5.41, 5.74) is 4.67. The molecule has 3 aromatic carbocycles. The number of benzene rings is 3. The number of nitrogens with zero attached hydrogens (tertiary/aromatic N) is 1. The molecule has 1 aliphatic heterocycles. The zero-order chi connectivity index (χ0) is 17.9. The van der Waals surface area contributed by atoms with Crippen LogP contribution in [-0.4, -0.2) is 12.2 Å². The van der Waals surface area contributed by atoms with E-state index < -0.39 is 0 Å². The van der Waals surface area contributed by atoms with Gasteiger partial charge >= 0.3 is 0 Å². The monoisotopic (exact) mass is 363 g/mol. The van der Waals surface area contributed by atoms with E-state index in [2.05, 4.69) is 53.4 Å². The summed E-state index contributed by atoms with van der Waals surface area (Å²) >= 11 is 1.80. The van der Waals surface area contributed by atoms with Gasteiger partial charge in [0.15, 0.2) is 0 Å². The molecule has 0 spiro atoms. The molecule has 0 saturated heterocycles. The Bertz CT molecular complexity index is 908. The first-order chi connectivity index (χ1) is 12.8. The average Bonchev–Trinajstić information content (AvgIpc) is 2.84. The maximum absolute atomic E-state index is 9.58. The summed E-state index contributed by atoms with van der Waals surface area (Å²) < 4.78 is 5.27. The van der Waals surface area contributed by atoms with E-state index in [0.29, 0.717) is 0 Å². The minimum absolute atomic E-state index is 0.0568. The maximum Gasteiger partial charge on any atom is 0.118 e. The van der Waals surface area contributed by atoms with Crippen LogP contribution in [0.2, 0.25) is 0 Å². The topological polar surface area (TPSA) is 32.7 Å². The van der Waals surface area contributed by atoms with Gasteiger partial charge in [-0.3, -0.25) is 0 Å². The molecular formula is C22H21NO2S. The lowest BCUT2D eigenvalue weighted by Crippen LogP contribution is -2.22. The minimum Gasteiger partial charge on any atom is -0.497 e. The first kappa shape index (κ1) is 17.0. The third kappa shape index (κ3) is 3.43. The molecule has 0 amide bonds. The third-order valence-corrected chi connectivity index (χ3v) is 5.82. The second-order valence-corrected chi connectivity index (χ2v) is 7.46. The predicted octanol–water partition coefficient (Wildman–Crippen LogP) is 4.86. The molecule has 4 heteroatoms. The second-order valence-electron chi connectivity index (χ2n) is 6.37. The number of hydrogen-bond acceptors (Lipinski definition) is 4. The summed E-state index contributed by atoms with van der Waals surface area (Å²) in [5.74, 6) is 0.869. The van der Waals surface area contributed by atoms with Crippen molar-refractivity contribution in [3.8, 4) is 5.75 Å². The fourth-order valence-corrected chi connectivity index (χ4v) is 4.31. The third-order valence-electron chi connectivity index (χ3n) is 4.63. The Balaban J connectivity index is 1.73. The van der Waals surface area contributed by atoms with Crippen molar-refractivity contribution >= 4 is 17.4 Å². The SMILES string of the molecule is COc1ccc(CN2Cc3ccccc3Sc3ccc(CO)cc32)cc1. The Kier molecular flexibility index (Phi) is 4.87. The number of aliphatic hydroxyl groups is 1. The zero-order valence-corrected chi connectivity index (χ0v) is 15.5. The van der Waals surface area contributed by atoms with Crippen LogP contribution in [0.3, 0.4) is 0 Å². The van der Waals surface area contributed by atoms with Crippen molar-refractivity contribution in [3.05, 3.63) is 83.4 Å². The second kappa shape index (κ2) is 7.44. The van der Waals surface area contributed by atoms with Gasteiger partial charge in [-0.1, -0.05) is 48.2 Å². The summed E-state index contributed by atoms with van der Waals surface area (Å²) in [6.45, 7) is 1.71. The number of rotatable bonds is 4. The Morgan fingerprint density at radius 2 is 1.73 bits per heavy atom. The molecule has 3 nitrogen and oxygen atoms in total. The molecule has 0 unspecified atom stereocenters. The first-order valence-electron chi connectivity index (χ1n) is 8.64. The lowest BCUT2D eigenvalue weighted by Gasteiger charge is -2.25. The fraction of sp³-hybridized carbons (Fsp3) is 0.182. The van der Waals surface area contributed by atoms with Crippen molar-refractivity contribution in [1.82, 2.24) is 0 Å². The van der Waals surface area contributed by atoms with Gasteiger partial charge in [-0.05, 0) is 47.0 Å². The van der Waals surface area contributed by atoms with Crippen LogP contribution in [0.5, 0.6) is 5.75 Å².